The molecule has 0 spiro atoms. The van der Waals surface area contributed by atoms with Crippen molar-refractivity contribution in [2.75, 3.05) is 18.5 Å². The van der Waals surface area contributed by atoms with Crippen molar-refractivity contribution in [1.29, 1.82) is 0 Å². The summed E-state index contributed by atoms with van der Waals surface area (Å²) in [5.41, 5.74) is 3.90. The van der Waals surface area contributed by atoms with Gasteiger partial charge in [-0.05, 0) is 30.3 Å². The Morgan fingerprint density at radius 2 is 2.14 bits per heavy atom. The second-order valence-electron chi connectivity index (χ2n) is 5.06. The minimum absolute atomic E-state index is 0.0701. The van der Waals surface area contributed by atoms with Crippen LogP contribution in [0.4, 0.5) is 5.82 Å². The predicted octanol–water partition coefficient (Wildman–Crippen LogP) is 2.28. The summed E-state index contributed by atoms with van der Waals surface area (Å²) in [5, 5.41) is 17.7. The molecule has 3 heterocycles. The third-order valence-corrected chi connectivity index (χ3v) is 3.63. The molecule has 0 fully saturated rings. The maximum absolute atomic E-state index is 8.90. The first-order valence-electron chi connectivity index (χ1n) is 7.12. The summed E-state index contributed by atoms with van der Waals surface area (Å²) in [5.74, 6) is 0.712. The maximum atomic E-state index is 8.90. The van der Waals surface area contributed by atoms with Crippen molar-refractivity contribution in [2.45, 2.75) is 0 Å². The molecular weight excluding hydrogens is 278 g/mol. The van der Waals surface area contributed by atoms with Crippen LogP contribution in [-0.2, 0) is 0 Å². The fourth-order valence-corrected chi connectivity index (χ4v) is 2.56. The normalized spacial score (nSPS) is 11.3. The van der Waals surface area contributed by atoms with Gasteiger partial charge in [0.15, 0.2) is 5.65 Å². The van der Waals surface area contributed by atoms with Gasteiger partial charge in [-0.15, -0.1) is 5.10 Å². The molecule has 0 aliphatic carbocycles. The average molecular weight is 293 g/mol. The molecule has 6 heteroatoms. The highest BCUT2D eigenvalue weighted by Gasteiger charge is 2.09. The monoisotopic (exact) mass is 293 g/mol. The standard InChI is InChI=1S/C16H15N5O/c22-8-7-18-15-3-4-16-19-10-14(21(16)20-15)12-1-2-13-11(9-12)5-6-17-13/h1-6,9-10,17,22H,7-8H2,(H,18,20). The van der Waals surface area contributed by atoms with Crippen LogP contribution < -0.4 is 5.32 Å². The van der Waals surface area contributed by atoms with E-state index in [0.29, 0.717) is 12.4 Å². The van der Waals surface area contributed by atoms with E-state index in [-0.39, 0.29) is 6.61 Å². The van der Waals surface area contributed by atoms with Gasteiger partial charge in [0.1, 0.15) is 5.82 Å². The molecule has 0 aliphatic heterocycles. The summed E-state index contributed by atoms with van der Waals surface area (Å²) >= 11 is 0. The summed E-state index contributed by atoms with van der Waals surface area (Å²) in [7, 11) is 0. The number of nitrogens with one attached hydrogen (secondary N) is 2. The SMILES string of the molecule is OCCNc1ccc2ncc(-c3ccc4[nH]ccc4c3)n2n1. The van der Waals surface area contributed by atoms with Crippen molar-refractivity contribution >= 4 is 22.4 Å². The second-order valence-corrected chi connectivity index (χ2v) is 5.06. The van der Waals surface area contributed by atoms with Crippen LogP contribution in [0.3, 0.4) is 0 Å². The molecular formula is C16H15N5O. The highest BCUT2D eigenvalue weighted by atomic mass is 16.3. The second kappa shape index (κ2) is 5.16. The van der Waals surface area contributed by atoms with Gasteiger partial charge in [-0.2, -0.15) is 0 Å². The Morgan fingerprint density at radius 1 is 1.18 bits per heavy atom. The number of fused-ring (bicyclic) bond motifs is 2. The molecule has 0 saturated heterocycles. The zero-order valence-corrected chi connectivity index (χ0v) is 11.8. The highest BCUT2D eigenvalue weighted by molar-refractivity contribution is 5.84. The first-order chi connectivity index (χ1) is 10.8. The van der Waals surface area contributed by atoms with Gasteiger partial charge in [0.2, 0.25) is 0 Å². The van der Waals surface area contributed by atoms with Crippen molar-refractivity contribution in [3.63, 3.8) is 0 Å². The van der Waals surface area contributed by atoms with E-state index in [1.165, 1.54) is 0 Å². The maximum Gasteiger partial charge on any atom is 0.154 e. The van der Waals surface area contributed by atoms with Gasteiger partial charge in [0.05, 0.1) is 18.5 Å². The first-order valence-corrected chi connectivity index (χ1v) is 7.12. The molecule has 22 heavy (non-hydrogen) atoms. The van der Waals surface area contributed by atoms with E-state index in [1.807, 2.05) is 35.1 Å². The molecule has 0 bridgehead atoms. The lowest BCUT2D eigenvalue weighted by Crippen LogP contribution is -2.08. The number of aliphatic hydroxyl groups is 1. The van der Waals surface area contributed by atoms with Gasteiger partial charge in [0, 0.05) is 29.2 Å². The van der Waals surface area contributed by atoms with E-state index in [4.69, 9.17) is 5.11 Å². The Morgan fingerprint density at radius 3 is 3.05 bits per heavy atom. The number of aliphatic hydroxyl groups excluding tert-OH is 1. The lowest BCUT2D eigenvalue weighted by atomic mass is 10.1. The van der Waals surface area contributed by atoms with Gasteiger partial charge in [-0.3, -0.25) is 0 Å². The van der Waals surface area contributed by atoms with E-state index in [0.717, 1.165) is 27.8 Å². The van der Waals surface area contributed by atoms with Gasteiger partial charge < -0.3 is 15.4 Å². The quantitative estimate of drug-likeness (QED) is 0.539. The molecule has 0 radical (unpaired) electrons. The number of aromatic nitrogens is 4. The van der Waals surface area contributed by atoms with Crippen molar-refractivity contribution in [1.82, 2.24) is 19.6 Å². The van der Waals surface area contributed by atoms with Crippen LogP contribution in [0.1, 0.15) is 0 Å². The Bertz CT molecular complexity index is 940. The van der Waals surface area contributed by atoms with Crippen molar-refractivity contribution in [3.05, 3.63) is 48.8 Å². The van der Waals surface area contributed by atoms with E-state index in [9.17, 15) is 0 Å². The van der Waals surface area contributed by atoms with Crippen LogP contribution in [0.25, 0.3) is 27.8 Å². The van der Waals surface area contributed by atoms with Crippen LogP contribution in [0.5, 0.6) is 0 Å². The van der Waals surface area contributed by atoms with Gasteiger partial charge in [-0.25, -0.2) is 9.50 Å². The molecule has 0 amide bonds. The summed E-state index contributed by atoms with van der Waals surface area (Å²) in [6.45, 7) is 0.540. The molecule has 3 N–H and O–H groups in total. The van der Waals surface area contributed by atoms with Crippen LogP contribution in [-0.4, -0.2) is 37.8 Å². The van der Waals surface area contributed by atoms with Crippen LogP contribution in [0.15, 0.2) is 48.8 Å². The first kappa shape index (κ1) is 12.8. The topological polar surface area (TPSA) is 78.2 Å². The number of hydrogen-bond acceptors (Lipinski definition) is 4. The molecule has 4 aromatic rings. The number of H-pyrrole nitrogens is 1. The Balaban J connectivity index is 1.82. The number of imidazole rings is 1. The highest BCUT2D eigenvalue weighted by Crippen LogP contribution is 2.24. The zero-order valence-electron chi connectivity index (χ0n) is 11.8. The lowest BCUT2D eigenvalue weighted by Gasteiger charge is -2.06. The number of anilines is 1. The van der Waals surface area contributed by atoms with Crippen LogP contribution >= 0.6 is 0 Å². The summed E-state index contributed by atoms with van der Waals surface area (Å²) in [6.07, 6.45) is 3.75. The average Bonchev–Trinajstić information content (AvgIpc) is 3.18. The molecule has 0 atom stereocenters. The molecule has 0 saturated carbocycles. The van der Waals surface area contributed by atoms with Crippen LogP contribution in [0, 0.1) is 0 Å². The van der Waals surface area contributed by atoms with Gasteiger partial charge >= 0.3 is 0 Å². The number of rotatable bonds is 4. The number of aromatic amines is 1. The number of hydrogen-bond donors (Lipinski definition) is 3. The largest absolute Gasteiger partial charge is 0.395 e. The van der Waals surface area contributed by atoms with Crippen molar-refractivity contribution < 1.29 is 5.11 Å². The molecule has 0 aliphatic rings. The van der Waals surface area contributed by atoms with Gasteiger partial charge in [0.25, 0.3) is 0 Å². The fraction of sp³-hybridized carbons (Fsp3) is 0.125. The van der Waals surface area contributed by atoms with Crippen molar-refractivity contribution in [3.8, 4) is 11.3 Å². The lowest BCUT2D eigenvalue weighted by molar-refractivity contribution is 0.311. The third kappa shape index (κ3) is 2.10. The number of benzene rings is 1. The Labute approximate surface area is 126 Å². The molecule has 1 aromatic carbocycles. The van der Waals surface area contributed by atoms with Crippen LogP contribution in [0.2, 0.25) is 0 Å². The Kier molecular flexibility index (Phi) is 3.01. The van der Waals surface area contributed by atoms with E-state index in [1.54, 1.807) is 0 Å². The number of nitrogens with zero attached hydrogens (tertiary/aromatic N) is 3. The summed E-state index contributed by atoms with van der Waals surface area (Å²) in [4.78, 5) is 7.59. The van der Waals surface area contributed by atoms with E-state index >= 15 is 0 Å². The molecule has 110 valence electrons. The van der Waals surface area contributed by atoms with Gasteiger partial charge in [-0.1, -0.05) is 6.07 Å². The molecule has 0 unspecified atom stereocenters. The van der Waals surface area contributed by atoms with E-state index in [2.05, 4.69) is 38.6 Å². The molecule has 6 nitrogen and oxygen atoms in total. The molecule has 4 rings (SSSR count). The minimum atomic E-state index is 0.0701. The summed E-state index contributed by atoms with van der Waals surface area (Å²) < 4.78 is 1.81. The zero-order chi connectivity index (χ0) is 14.9. The fourth-order valence-electron chi connectivity index (χ4n) is 2.56. The predicted molar refractivity (Wildman–Crippen MR) is 85.9 cm³/mol. The minimum Gasteiger partial charge on any atom is -0.395 e. The van der Waals surface area contributed by atoms with Crippen molar-refractivity contribution in [2.24, 2.45) is 0 Å². The Hall–Kier alpha value is -2.86. The molecule has 3 aromatic heterocycles. The smallest absolute Gasteiger partial charge is 0.154 e. The van der Waals surface area contributed by atoms with E-state index < -0.39 is 0 Å². The third-order valence-electron chi connectivity index (χ3n) is 3.63. The summed E-state index contributed by atoms with van der Waals surface area (Å²) in [6, 6.07) is 12.0.